The maximum atomic E-state index is 12.8. The van der Waals surface area contributed by atoms with Crippen molar-refractivity contribution in [1.29, 1.82) is 0 Å². The molecule has 1 saturated heterocycles. The van der Waals surface area contributed by atoms with E-state index in [2.05, 4.69) is 10.6 Å². The number of aromatic nitrogens is 1. The number of nitrogens with one attached hydrogen (secondary N) is 2. The van der Waals surface area contributed by atoms with Gasteiger partial charge in [0.05, 0.1) is 0 Å². The molecule has 2 aliphatic heterocycles. The molecule has 0 radical (unpaired) electrons. The van der Waals surface area contributed by atoms with E-state index < -0.39 is 9.96 Å². The molecule has 2 bridgehead atoms. The van der Waals surface area contributed by atoms with Crippen LogP contribution in [0.15, 0.2) is 47.3 Å². The lowest BCUT2D eigenvalue weighted by Crippen LogP contribution is -2.60. The normalized spacial score (nSPS) is 20.8. The number of benzene rings is 1. The highest BCUT2D eigenvalue weighted by atomic mass is 35.6. The number of halogens is 3. The second kappa shape index (κ2) is 9.21. The molecule has 2 N–H and O–H groups in total. The van der Waals surface area contributed by atoms with Crippen molar-refractivity contribution in [2.45, 2.75) is 35.8 Å². The third-order valence-electron chi connectivity index (χ3n) is 6.03. The molecular formula is C22H23Cl3N4O2S. The van der Waals surface area contributed by atoms with E-state index in [-0.39, 0.29) is 23.3 Å². The van der Waals surface area contributed by atoms with Crippen LogP contribution in [0.4, 0.5) is 0 Å². The summed E-state index contributed by atoms with van der Waals surface area (Å²) in [6.07, 6.45) is -0.0238. The van der Waals surface area contributed by atoms with Gasteiger partial charge in [0.1, 0.15) is 6.17 Å². The van der Waals surface area contributed by atoms with Gasteiger partial charge < -0.3 is 20.1 Å². The van der Waals surface area contributed by atoms with Crippen molar-refractivity contribution in [3.8, 4) is 0 Å². The van der Waals surface area contributed by atoms with E-state index in [1.165, 1.54) is 0 Å². The molecule has 2 aliphatic rings. The van der Waals surface area contributed by atoms with Crippen molar-refractivity contribution in [2.24, 2.45) is 5.92 Å². The van der Waals surface area contributed by atoms with Crippen LogP contribution in [0.3, 0.4) is 0 Å². The topological polar surface area (TPSA) is 66.4 Å². The van der Waals surface area contributed by atoms with Crippen LogP contribution in [0.1, 0.15) is 34.0 Å². The average Bonchev–Trinajstić information content (AvgIpc) is 2.73. The SMILES string of the molecule is Cc1ccccc1C(=O)N[C@H](NC(=S)N1C[C@@H]2C[C@@H](C1)c1cccc(=O)n1C2)C(Cl)(Cl)Cl. The number of likely N-dealkylation sites (tertiary alicyclic amines) is 1. The van der Waals surface area contributed by atoms with E-state index in [0.717, 1.165) is 17.7 Å². The number of carbonyl (C=O) groups excluding carboxylic acids is 1. The number of fused-ring (bicyclic) bond motifs is 4. The molecule has 0 unspecified atom stereocenters. The molecular weight excluding hydrogens is 491 g/mol. The number of aryl methyl sites for hydroxylation is 1. The standard InChI is InChI=1S/C22H23Cl3N4O2S/c1-13-5-2-3-6-16(13)19(31)26-20(22(23,24)25)27-21(32)28-10-14-9-15(12-28)17-7-4-8-18(30)29(17)11-14/h2-8,14-15,20H,9-12H2,1H3,(H,26,31)(H,27,32)/t14-,15-,20+/m0/s1. The van der Waals surface area contributed by atoms with Crippen molar-refractivity contribution in [1.82, 2.24) is 20.1 Å². The molecule has 6 nitrogen and oxygen atoms in total. The van der Waals surface area contributed by atoms with Gasteiger partial charge in [-0.1, -0.05) is 59.1 Å². The molecule has 3 heterocycles. The van der Waals surface area contributed by atoms with Crippen LogP contribution in [0.25, 0.3) is 0 Å². The third-order valence-corrected chi connectivity index (χ3v) is 7.06. The molecule has 0 aliphatic carbocycles. The summed E-state index contributed by atoms with van der Waals surface area (Å²) in [7, 11) is 0. The molecule has 3 atom stereocenters. The number of amides is 1. The summed E-state index contributed by atoms with van der Waals surface area (Å²) in [5.74, 6) is 0.108. The Balaban J connectivity index is 1.48. The Hall–Kier alpha value is -1.80. The Kier molecular flexibility index (Phi) is 6.73. The first-order valence-corrected chi connectivity index (χ1v) is 11.9. The van der Waals surface area contributed by atoms with Crippen LogP contribution in [0, 0.1) is 12.8 Å². The van der Waals surface area contributed by atoms with Gasteiger partial charge in [-0.15, -0.1) is 0 Å². The van der Waals surface area contributed by atoms with Crippen LogP contribution in [0.2, 0.25) is 0 Å². The van der Waals surface area contributed by atoms with Crippen LogP contribution < -0.4 is 16.2 Å². The fourth-order valence-corrected chi connectivity index (χ4v) is 5.11. The quantitative estimate of drug-likeness (QED) is 0.373. The van der Waals surface area contributed by atoms with Crippen LogP contribution in [0.5, 0.6) is 0 Å². The predicted molar refractivity (Wildman–Crippen MR) is 132 cm³/mol. The zero-order chi connectivity index (χ0) is 23.0. The lowest BCUT2D eigenvalue weighted by Gasteiger charge is -2.44. The van der Waals surface area contributed by atoms with Crippen molar-refractivity contribution in [3.05, 3.63) is 69.6 Å². The number of alkyl halides is 3. The highest BCUT2D eigenvalue weighted by Crippen LogP contribution is 2.35. The van der Waals surface area contributed by atoms with E-state index in [0.29, 0.717) is 30.3 Å². The molecule has 0 spiro atoms. The summed E-state index contributed by atoms with van der Waals surface area (Å²) in [5, 5.41) is 6.18. The third kappa shape index (κ3) is 4.91. The second-order valence-electron chi connectivity index (χ2n) is 8.32. The molecule has 10 heteroatoms. The minimum absolute atomic E-state index is 0.0292. The van der Waals surface area contributed by atoms with E-state index in [4.69, 9.17) is 47.0 Å². The van der Waals surface area contributed by atoms with Gasteiger partial charge >= 0.3 is 0 Å². The molecule has 1 fully saturated rings. The summed E-state index contributed by atoms with van der Waals surface area (Å²) >= 11 is 24.1. The lowest BCUT2D eigenvalue weighted by molar-refractivity contribution is 0.0932. The summed E-state index contributed by atoms with van der Waals surface area (Å²) < 4.78 is 0.0349. The first-order chi connectivity index (χ1) is 15.1. The van der Waals surface area contributed by atoms with Crippen LogP contribution >= 0.6 is 47.0 Å². The number of piperidine rings is 1. The first-order valence-electron chi connectivity index (χ1n) is 10.3. The fourth-order valence-electron chi connectivity index (χ4n) is 4.51. The van der Waals surface area contributed by atoms with Gasteiger partial charge in [-0.3, -0.25) is 9.59 Å². The Labute approximate surface area is 206 Å². The monoisotopic (exact) mass is 512 g/mol. The number of hydrogen-bond acceptors (Lipinski definition) is 3. The summed E-state index contributed by atoms with van der Waals surface area (Å²) in [6, 6.07) is 12.6. The fraction of sp³-hybridized carbons (Fsp3) is 0.409. The zero-order valence-electron chi connectivity index (χ0n) is 17.4. The van der Waals surface area contributed by atoms with Gasteiger partial charge in [0.25, 0.3) is 11.5 Å². The molecule has 1 aromatic carbocycles. The highest BCUT2D eigenvalue weighted by Gasteiger charge is 2.39. The molecule has 170 valence electrons. The number of nitrogens with zero attached hydrogens (tertiary/aromatic N) is 2. The van der Waals surface area contributed by atoms with Crippen molar-refractivity contribution >= 4 is 58.0 Å². The summed E-state index contributed by atoms with van der Waals surface area (Å²) in [6.45, 7) is 3.82. The largest absolute Gasteiger partial charge is 0.348 e. The van der Waals surface area contributed by atoms with Gasteiger partial charge in [-0.2, -0.15) is 0 Å². The Bertz CT molecular complexity index is 1100. The molecule has 4 rings (SSSR count). The Morgan fingerprint density at radius 1 is 1.09 bits per heavy atom. The van der Waals surface area contributed by atoms with E-state index >= 15 is 0 Å². The minimum Gasteiger partial charge on any atom is -0.348 e. The second-order valence-corrected chi connectivity index (χ2v) is 11.1. The van der Waals surface area contributed by atoms with Crippen molar-refractivity contribution < 1.29 is 4.79 Å². The highest BCUT2D eigenvalue weighted by molar-refractivity contribution is 7.80. The smallest absolute Gasteiger partial charge is 0.253 e. The van der Waals surface area contributed by atoms with Crippen LogP contribution in [-0.4, -0.2) is 43.5 Å². The van der Waals surface area contributed by atoms with Crippen LogP contribution in [-0.2, 0) is 6.54 Å². The predicted octanol–water partition coefficient (Wildman–Crippen LogP) is 3.58. The van der Waals surface area contributed by atoms with Gasteiger partial charge in [0, 0.05) is 42.9 Å². The zero-order valence-corrected chi connectivity index (χ0v) is 20.4. The number of hydrogen-bond donors (Lipinski definition) is 2. The summed E-state index contributed by atoms with van der Waals surface area (Å²) in [4.78, 5) is 27.1. The van der Waals surface area contributed by atoms with Crippen molar-refractivity contribution in [3.63, 3.8) is 0 Å². The Morgan fingerprint density at radius 2 is 1.84 bits per heavy atom. The van der Waals surface area contributed by atoms with E-state index in [1.54, 1.807) is 24.3 Å². The molecule has 1 aromatic heterocycles. The number of rotatable bonds is 3. The number of carbonyl (C=O) groups is 1. The Morgan fingerprint density at radius 3 is 2.56 bits per heavy atom. The van der Waals surface area contributed by atoms with Gasteiger partial charge in [0.15, 0.2) is 5.11 Å². The summed E-state index contributed by atoms with van der Waals surface area (Å²) in [5.41, 5.74) is 2.36. The molecule has 2 aromatic rings. The number of thiocarbonyl (C=S) groups is 1. The minimum atomic E-state index is -1.83. The molecule has 1 amide bonds. The van der Waals surface area contributed by atoms with E-state index in [9.17, 15) is 9.59 Å². The number of pyridine rings is 1. The average molecular weight is 514 g/mol. The van der Waals surface area contributed by atoms with Gasteiger partial charge in [-0.05, 0) is 49.2 Å². The first kappa shape index (κ1) is 23.4. The molecule has 32 heavy (non-hydrogen) atoms. The molecule has 0 saturated carbocycles. The maximum absolute atomic E-state index is 12.8. The van der Waals surface area contributed by atoms with Gasteiger partial charge in [0.2, 0.25) is 3.79 Å². The van der Waals surface area contributed by atoms with Gasteiger partial charge in [-0.25, -0.2) is 0 Å². The maximum Gasteiger partial charge on any atom is 0.253 e. The lowest BCUT2D eigenvalue weighted by atomic mass is 9.83. The van der Waals surface area contributed by atoms with Crippen molar-refractivity contribution in [2.75, 3.05) is 13.1 Å². The van der Waals surface area contributed by atoms with E-state index in [1.807, 2.05) is 34.6 Å².